The van der Waals surface area contributed by atoms with Crippen molar-refractivity contribution >= 4 is 27.9 Å². The van der Waals surface area contributed by atoms with E-state index in [1.165, 1.54) is 13.2 Å². The van der Waals surface area contributed by atoms with Gasteiger partial charge in [-0.1, -0.05) is 12.8 Å². The van der Waals surface area contributed by atoms with Gasteiger partial charge in [0.15, 0.2) is 0 Å². The van der Waals surface area contributed by atoms with Gasteiger partial charge in [0.25, 0.3) is 5.91 Å². The van der Waals surface area contributed by atoms with Crippen LogP contribution in [0.1, 0.15) is 31.2 Å². The molecule has 1 fully saturated rings. The van der Waals surface area contributed by atoms with Gasteiger partial charge < -0.3 is 14.8 Å². The molecule has 1 aliphatic rings. The molecule has 0 aliphatic heterocycles. The fourth-order valence-corrected chi connectivity index (χ4v) is 3.16. The Hall–Kier alpha value is -2.00. The van der Waals surface area contributed by atoms with Gasteiger partial charge in [-0.2, -0.15) is 5.26 Å². The number of hydrogen-bond donors (Lipinski definition) is 1. The SMILES string of the molecule is COc1cc(OC)c(C=C(C#N)C(=O)NC2CCCC2)cc1Br. The van der Waals surface area contributed by atoms with Crippen molar-refractivity contribution in [2.24, 2.45) is 0 Å². The van der Waals surface area contributed by atoms with Gasteiger partial charge in [-0.25, -0.2) is 0 Å². The number of halogens is 1. The van der Waals surface area contributed by atoms with Crippen LogP contribution in [0.4, 0.5) is 0 Å². The summed E-state index contributed by atoms with van der Waals surface area (Å²) in [4.78, 5) is 12.3. The summed E-state index contributed by atoms with van der Waals surface area (Å²) in [5.74, 6) is 0.813. The van der Waals surface area contributed by atoms with Crippen molar-refractivity contribution in [3.8, 4) is 17.6 Å². The van der Waals surface area contributed by atoms with E-state index in [9.17, 15) is 10.1 Å². The first-order valence-corrected chi connectivity index (χ1v) is 8.22. The summed E-state index contributed by atoms with van der Waals surface area (Å²) in [5, 5.41) is 12.2. The molecule has 1 amide bonds. The predicted octanol–water partition coefficient (Wildman–Crippen LogP) is 3.43. The van der Waals surface area contributed by atoms with Crippen LogP contribution in [0.3, 0.4) is 0 Å². The lowest BCUT2D eigenvalue weighted by Gasteiger charge is -2.12. The number of nitrogens with one attached hydrogen (secondary N) is 1. The fraction of sp³-hybridized carbons (Fsp3) is 0.412. The number of ether oxygens (including phenoxy) is 2. The Labute approximate surface area is 144 Å². The maximum atomic E-state index is 12.3. The monoisotopic (exact) mass is 378 g/mol. The van der Waals surface area contributed by atoms with Crippen LogP contribution in [0.15, 0.2) is 22.2 Å². The Morgan fingerprint density at radius 1 is 1.30 bits per heavy atom. The van der Waals surface area contributed by atoms with Crippen molar-refractivity contribution in [2.75, 3.05) is 14.2 Å². The first kappa shape index (κ1) is 17.4. The molecule has 0 unspecified atom stereocenters. The molecule has 0 saturated heterocycles. The summed E-state index contributed by atoms with van der Waals surface area (Å²) in [7, 11) is 3.09. The summed E-state index contributed by atoms with van der Waals surface area (Å²) in [6.07, 6.45) is 5.72. The van der Waals surface area contributed by atoms with Gasteiger partial charge in [-0.15, -0.1) is 0 Å². The van der Waals surface area contributed by atoms with Crippen LogP contribution in [0.2, 0.25) is 0 Å². The van der Waals surface area contributed by atoms with E-state index in [4.69, 9.17) is 9.47 Å². The summed E-state index contributed by atoms with van der Waals surface area (Å²) in [6.45, 7) is 0. The van der Waals surface area contributed by atoms with Crippen LogP contribution in [-0.4, -0.2) is 26.2 Å². The van der Waals surface area contributed by atoms with Gasteiger partial charge in [-0.3, -0.25) is 4.79 Å². The molecule has 23 heavy (non-hydrogen) atoms. The third kappa shape index (κ3) is 4.26. The van der Waals surface area contributed by atoms with E-state index in [-0.39, 0.29) is 17.5 Å². The van der Waals surface area contributed by atoms with E-state index >= 15 is 0 Å². The largest absolute Gasteiger partial charge is 0.496 e. The number of methoxy groups -OCH3 is 2. The third-order valence-corrected chi connectivity index (χ3v) is 4.48. The molecule has 1 aliphatic carbocycles. The standard InChI is InChI=1S/C17H19BrN2O3/c1-22-15-9-16(23-2)14(18)8-11(15)7-12(10-19)17(21)20-13-5-3-4-6-13/h7-9,13H,3-6H2,1-2H3,(H,20,21). The summed E-state index contributed by atoms with van der Waals surface area (Å²) in [6, 6.07) is 5.61. The topological polar surface area (TPSA) is 71.3 Å². The van der Waals surface area contributed by atoms with Crippen molar-refractivity contribution < 1.29 is 14.3 Å². The molecule has 0 spiro atoms. The van der Waals surface area contributed by atoms with Crippen molar-refractivity contribution in [2.45, 2.75) is 31.7 Å². The Morgan fingerprint density at radius 3 is 2.52 bits per heavy atom. The second-order valence-corrected chi connectivity index (χ2v) is 6.21. The molecule has 1 aromatic carbocycles. The predicted molar refractivity (Wildman–Crippen MR) is 91.2 cm³/mol. The lowest BCUT2D eigenvalue weighted by molar-refractivity contribution is -0.117. The van der Waals surface area contributed by atoms with Gasteiger partial charge in [-0.05, 0) is 40.9 Å². The molecule has 0 atom stereocenters. The molecule has 1 N–H and O–H groups in total. The van der Waals surface area contributed by atoms with Crippen LogP contribution in [-0.2, 0) is 4.79 Å². The van der Waals surface area contributed by atoms with Gasteiger partial charge >= 0.3 is 0 Å². The second-order valence-electron chi connectivity index (χ2n) is 5.35. The van der Waals surface area contributed by atoms with Crippen molar-refractivity contribution in [3.63, 3.8) is 0 Å². The average Bonchev–Trinajstić information content (AvgIpc) is 3.05. The van der Waals surface area contributed by atoms with E-state index in [0.29, 0.717) is 17.1 Å². The minimum Gasteiger partial charge on any atom is -0.496 e. The maximum absolute atomic E-state index is 12.3. The average molecular weight is 379 g/mol. The maximum Gasteiger partial charge on any atom is 0.262 e. The number of nitrogens with zero attached hydrogens (tertiary/aromatic N) is 1. The van der Waals surface area contributed by atoms with Crippen LogP contribution in [0.5, 0.6) is 11.5 Å². The fourth-order valence-electron chi connectivity index (χ4n) is 2.63. The normalized spacial score (nSPS) is 15.1. The second kappa shape index (κ2) is 8.02. The number of benzene rings is 1. The summed E-state index contributed by atoms with van der Waals surface area (Å²) < 4.78 is 11.3. The summed E-state index contributed by atoms with van der Waals surface area (Å²) >= 11 is 3.40. The van der Waals surface area contributed by atoms with Crippen LogP contribution in [0, 0.1) is 11.3 Å². The van der Waals surface area contributed by atoms with E-state index in [1.807, 2.05) is 6.07 Å². The highest BCUT2D eigenvalue weighted by atomic mass is 79.9. The van der Waals surface area contributed by atoms with Crippen molar-refractivity contribution in [1.29, 1.82) is 5.26 Å². The minimum atomic E-state index is -0.339. The number of rotatable bonds is 5. The molecule has 1 saturated carbocycles. The highest BCUT2D eigenvalue weighted by molar-refractivity contribution is 9.10. The Morgan fingerprint density at radius 2 is 1.96 bits per heavy atom. The zero-order valence-corrected chi connectivity index (χ0v) is 14.8. The molecule has 2 rings (SSSR count). The van der Waals surface area contributed by atoms with Gasteiger partial charge in [0.1, 0.15) is 23.1 Å². The van der Waals surface area contributed by atoms with E-state index in [2.05, 4.69) is 21.2 Å². The van der Waals surface area contributed by atoms with Crippen molar-refractivity contribution in [1.82, 2.24) is 5.32 Å². The molecule has 122 valence electrons. The number of hydrogen-bond acceptors (Lipinski definition) is 4. The molecular weight excluding hydrogens is 360 g/mol. The highest BCUT2D eigenvalue weighted by Gasteiger charge is 2.20. The zero-order valence-electron chi connectivity index (χ0n) is 13.2. The number of carbonyl (C=O) groups excluding carboxylic acids is 1. The smallest absolute Gasteiger partial charge is 0.262 e. The van der Waals surface area contributed by atoms with E-state index in [1.54, 1.807) is 19.2 Å². The zero-order chi connectivity index (χ0) is 16.8. The lowest BCUT2D eigenvalue weighted by Crippen LogP contribution is -2.33. The Balaban J connectivity index is 2.28. The van der Waals surface area contributed by atoms with E-state index in [0.717, 1.165) is 30.2 Å². The molecule has 0 radical (unpaired) electrons. The Bertz CT molecular complexity index is 659. The quantitative estimate of drug-likeness (QED) is 0.629. The molecule has 0 bridgehead atoms. The van der Waals surface area contributed by atoms with Crippen LogP contribution in [0.25, 0.3) is 6.08 Å². The van der Waals surface area contributed by atoms with Crippen molar-refractivity contribution in [3.05, 3.63) is 27.7 Å². The Kier molecular flexibility index (Phi) is 6.05. The van der Waals surface area contributed by atoms with Gasteiger partial charge in [0.05, 0.1) is 18.7 Å². The van der Waals surface area contributed by atoms with Gasteiger partial charge in [0, 0.05) is 17.7 Å². The molecule has 5 nitrogen and oxygen atoms in total. The number of nitriles is 1. The first-order chi connectivity index (χ1) is 11.1. The molecular formula is C17H19BrN2O3. The lowest BCUT2D eigenvalue weighted by atomic mass is 10.1. The van der Waals surface area contributed by atoms with Gasteiger partial charge in [0.2, 0.25) is 0 Å². The minimum absolute atomic E-state index is 0.0623. The number of amides is 1. The summed E-state index contributed by atoms with van der Waals surface area (Å²) in [5.41, 5.74) is 0.700. The highest BCUT2D eigenvalue weighted by Crippen LogP contribution is 2.34. The van der Waals surface area contributed by atoms with Crippen LogP contribution >= 0.6 is 15.9 Å². The first-order valence-electron chi connectivity index (χ1n) is 7.43. The number of carbonyl (C=O) groups is 1. The molecule has 1 aromatic rings. The molecule has 6 heteroatoms. The van der Waals surface area contributed by atoms with Crippen LogP contribution < -0.4 is 14.8 Å². The van der Waals surface area contributed by atoms with E-state index < -0.39 is 0 Å². The molecule has 0 aromatic heterocycles. The third-order valence-electron chi connectivity index (χ3n) is 3.86. The molecule has 0 heterocycles.